The van der Waals surface area contributed by atoms with Gasteiger partial charge in [0, 0.05) is 54.5 Å². The molecule has 0 aliphatic carbocycles. The fraction of sp³-hybridized carbons (Fsp3) is 0.435. The Balaban J connectivity index is 1.77. The van der Waals surface area contributed by atoms with Crippen LogP contribution in [0.2, 0.25) is 5.02 Å². The summed E-state index contributed by atoms with van der Waals surface area (Å²) in [5, 5.41) is 5.55. The molecule has 3 heterocycles. The number of anilines is 1. The molecule has 0 amide bonds. The zero-order valence-electron chi connectivity index (χ0n) is 19.3. The molecular weight excluding hydrogens is 460 g/mol. The van der Waals surface area contributed by atoms with Crippen LogP contribution in [-0.2, 0) is 0 Å². The third-order valence-corrected chi connectivity index (χ3v) is 6.83. The van der Waals surface area contributed by atoms with E-state index in [1.807, 2.05) is 25.4 Å². The lowest BCUT2D eigenvalue weighted by Gasteiger charge is -2.18. The van der Waals surface area contributed by atoms with Crippen LogP contribution in [0.5, 0.6) is 11.5 Å². The zero-order valence-corrected chi connectivity index (χ0v) is 20.9. The van der Waals surface area contributed by atoms with Crippen LogP contribution in [0.15, 0.2) is 23.5 Å². The molecule has 0 saturated carbocycles. The van der Waals surface area contributed by atoms with Gasteiger partial charge in [-0.15, -0.1) is 0 Å². The summed E-state index contributed by atoms with van der Waals surface area (Å²) >= 11 is 8.24. The van der Waals surface area contributed by atoms with Crippen molar-refractivity contribution >= 4 is 40.1 Å². The number of rotatable bonds is 8. The van der Waals surface area contributed by atoms with E-state index in [-0.39, 0.29) is 6.04 Å². The van der Waals surface area contributed by atoms with E-state index in [1.165, 1.54) is 11.8 Å². The van der Waals surface area contributed by atoms with Crippen molar-refractivity contribution in [2.24, 2.45) is 5.73 Å². The number of pyridine rings is 1. The van der Waals surface area contributed by atoms with Gasteiger partial charge in [0.2, 0.25) is 0 Å². The first-order valence-corrected chi connectivity index (χ1v) is 12.4. The van der Waals surface area contributed by atoms with Crippen LogP contribution in [0.3, 0.4) is 0 Å². The van der Waals surface area contributed by atoms with Crippen LogP contribution in [-0.4, -0.2) is 72.5 Å². The summed E-state index contributed by atoms with van der Waals surface area (Å²) in [6.45, 7) is 5.52. The number of hydrogen-bond acceptors (Lipinski definition) is 9. The number of benzene rings is 1. The van der Waals surface area contributed by atoms with Crippen LogP contribution in [0.4, 0.5) is 5.82 Å². The number of nitrogens with two attached hydrogens (primary N) is 1. The Labute approximate surface area is 203 Å². The van der Waals surface area contributed by atoms with E-state index in [0.29, 0.717) is 33.2 Å². The molecule has 1 saturated heterocycles. The molecule has 4 rings (SSSR count). The SMILES string of the molecule is COc1cc(OC)c(Cl)c(-c2cc3cnc(SC)nc3c(NCCN3CCC(N)C3)n2)c1C. The van der Waals surface area contributed by atoms with Crippen molar-refractivity contribution in [1.82, 2.24) is 19.9 Å². The van der Waals surface area contributed by atoms with Crippen molar-refractivity contribution in [3.63, 3.8) is 0 Å². The molecule has 0 radical (unpaired) electrons. The molecule has 3 aromatic rings. The van der Waals surface area contributed by atoms with Crippen LogP contribution < -0.4 is 20.5 Å². The minimum Gasteiger partial charge on any atom is -0.496 e. The van der Waals surface area contributed by atoms with Gasteiger partial charge in [-0.25, -0.2) is 15.0 Å². The van der Waals surface area contributed by atoms with Crippen LogP contribution in [0.25, 0.3) is 22.2 Å². The van der Waals surface area contributed by atoms with Crippen molar-refractivity contribution in [3.05, 3.63) is 28.9 Å². The maximum atomic E-state index is 6.74. The van der Waals surface area contributed by atoms with Crippen molar-refractivity contribution < 1.29 is 9.47 Å². The number of fused-ring (bicyclic) bond motifs is 1. The zero-order chi connectivity index (χ0) is 23.5. The molecular formula is C23H29ClN6O2S. The predicted octanol–water partition coefficient (Wildman–Crippen LogP) is 3.84. The number of likely N-dealkylation sites (tertiary alicyclic amines) is 1. The maximum Gasteiger partial charge on any atom is 0.187 e. The fourth-order valence-corrected chi connectivity index (χ4v) is 4.85. The minimum absolute atomic E-state index is 0.261. The number of methoxy groups -OCH3 is 2. The molecule has 176 valence electrons. The highest BCUT2D eigenvalue weighted by Crippen LogP contribution is 2.43. The van der Waals surface area contributed by atoms with Gasteiger partial charge in [0.15, 0.2) is 11.0 Å². The van der Waals surface area contributed by atoms with Gasteiger partial charge in [-0.1, -0.05) is 23.4 Å². The van der Waals surface area contributed by atoms with Gasteiger partial charge < -0.3 is 20.5 Å². The van der Waals surface area contributed by atoms with Crippen molar-refractivity contribution in [1.29, 1.82) is 0 Å². The van der Waals surface area contributed by atoms with E-state index < -0.39 is 0 Å². The third-order valence-electron chi connectivity index (χ3n) is 5.89. The summed E-state index contributed by atoms with van der Waals surface area (Å²) in [5.74, 6) is 1.91. The van der Waals surface area contributed by atoms with E-state index in [2.05, 4.69) is 15.2 Å². The molecule has 2 aromatic heterocycles. The van der Waals surface area contributed by atoms with E-state index >= 15 is 0 Å². The lowest BCUT2D eigenvalue weighted by Crippen LogP contribution is -2.30. The number of aromatic nitrogens is 3. The van der Waals surface area contributed by atoms with Crippen molar-refractivity contribution in [3.8, 4) is 22.8 Å². The first kappa shape index (κ1) is 23.8. The lowest BCUT2D eigenvalue weighted by molar-refractivity contribution is 0.348. The number of nitrogens with one attached hydrogen (secondary N) is 1. The molecule has 1 fully saturated rings. The predicted molar refractivity (Wildman–Crippen MR) is 135 cm³/mol. The number of halogens is 1. The number of thioether (sulfide) groups is 1. The molecule has 1 aliphatic rings. The van der Waals surface area contributed by atoms with Gasteiger partial charge >= 0.3 is 0 Å². The molecule has 1 unspecified atom stereocenters. The van der Waals surface area contributed by atoms with Gasteiger partial charge in [0.25, 0.3) is 0 Å². The van der Waals surface area contributed by atoms with Crippen LogP contribution in [0.1, 0.15) is 12.0 Å². The highest BCUT2D eigenvalue weighted by molar-refractivity contribution is 7.98. The monoisotopic (exact) mass is 488 g/mol. The van der Waals surface area contributed by atoms with Gasteiger partial charge in [0.05, 0.1) is 24.9 Å². The molecule has 0 bridgehead atoms. The Morgan fingerprint density at radius 3 is 2.70 bits per heavy atom. The summed E-state index contributed by atoms with van der Waals surface area (Å²) in [4.78, 5) is 16.5. The molecule has 1 aliphatic heterocycles. The Hall–Kier alpha value is -2.33. The van der Waals surface area contributed by atoms with Crippen LogP contribution in [0, 0.1) is 6.92 Å². The lowest BCUT2D eigenvalue weighted by atomic mass is 10.0. The number of hydrogen-bond donors (Lipinski definition) is 2. The molecule has 1 aromatic carbocycles. The Kier molecular flexibility index (Phi) is 7.43. The van der Waals surface area contributed by atoms with Crippen LogP contribution >= 0.6 is 23.4 Å². The molecule has 10 heteroatoms. The average molecular weight is 489 g/mol. The largest absolute Gasteiger partial charge is 0.496 e. The van der Waals surface area contributed by atoms with Gasteiger partial charge in [-0.2, -0.15) is 0 Å². The smallest absolute Gasteiger partial charge is 0.187 e. The van der Waals surface area contributed by atoms with Gasteiger partial charge in [0.1, 0.15) is 17.0 Å². The molecule has 1 atom stereocenters. The Morgan fingerprint density at radius 2 is 2.03 bits per heavy atom. The normalized spacial score (nSPS) is 16.4. The molecule has 8 nitrogen and oxygen atoms in total. The van der Waals surface area contributed by atoms with Gasteiger partial charge in [-0.3, -0.25) is 4.90 Å². The van der Waals surface area contributed by atoms with Crippen molar-refractivity contribution in [2.75, 3.05) is 52.0 Å². The summed E-state index contributed by atoms with van der Waals surface area (Å²) in [7, 11) is 3.21. The second kappa shape index (κ2) is 10.3. The Morgan fingerprint density at radius 1 is 1.24 bits per heavy atom. The first-order valence-electron chi connectivity index (χ1n) is 10.8. The minimum atomic E-state index is 0.261. The van der Waals surface area contributed by atoms with E-state index in [1.54, 1.807) is 20.3 Å². The van der Waals surface area contributed by atoms with E-state index in [0.717, 1.165) is 54.6 Å². The average Bonchev–Trinajstić information content (AvgIpc) is 3.24. The topological polar surface area (TPSA) is 98.4 Å². The summed E-state index contributed by atoms with van der Waals surface area (Å²) in [5.41, 5.74) is 9.17. The maximum absolute atomic E-state index is 6.74. The molecule has 3 N–H and O–H groups in total. The summed E-state index contributed by atoms with van der Waals surface area (Å²) < 4.78 is 11.0. The first-order chi connectivity index (χ1) is 15.9. The molecule has 33 heavy (non-hydrogen) atoms. The second-order valence-electron chi connectivity index (χ2n) is 8.02. The number of nitrogens with zero attached hydrogens (tertiary/aromatic N) is 4. The standard InChI is InChI=1S/C23H29ClN6O2S/c1-13-17(31-2)10-18(32-3)20(24)19(13)16-9-14-11-27-23(33-4)29-21(14)22(28-16)26-6-8-30-7-5-15(25)12-30/h9-11,15H,5-8,12,25H2,1-4H3,(H,26,28). The summed E-state index contributed by atoms with van der Waals surface area (Å²) in [6, 6.07) is 4.00. The van der Waals surface area contributed by atoms with Crippen molar-refractivity contribution in [2.45, 2.75) is 24.5 Å². The highest BCUT2D eigenvalue weighted by Gasteiger charge is 2.21. The number of ether oxygens (including phenoxy) is 2. The third kappa shape index (κ3) is 4.96. The second-order valence-corrected chi connectivity index (χ2v) is 9.17. The quantitative estimate of drug-likeness (QED) is 0.362. The van der Waals surface area contributed by atoms with E-state index in [4.69, 9.17) is 36.8 Å². The summed E-state index contributed by atoms with van der Waals surface area (Å²) in [6.07, 6.45) is 4.82. The highest BCUT2D eigenvalue weighted by atomic mass is 35.5. The Bertz CT molecular complexity index is 1130. The van der Waals surface area contributed by atoms with E-state index in [9.17, 15) is 0 Å². The van der Waals surface area contributed by atoms with Gasteiger partial charge in [-0.05, 0) is 32.2 Å². The molecule has 0 spiro atoms. The fourth-order valence-electron chi connectivity index (χ4n) is 4.14.